The molecule has 1 aromatic rings. The van der Waals surface area contributed by atoms with E-state index in [1.807, 2.05) is 13.0 Å². The molecule has 0 spiro atoms. The molecule has 1 fully saturated rings. The van der Waals surface area contributed by atoms with Gasteiger partial charge in [0.05, 0.1) is 10.5 Å². The minimum atomic E-state index is -3.54. The van der Waals surface area contributed by atoms with Gasteiger partial charge in [-0.05, 0) is 31.4 Å². The average Bonchev–Trinajstić information content (AvgIpc) is 2.96. The zero-order chi connectivity index (χ0) is 14.1. The van der Waals surface area contributed by atoms with E-state index in [9.17, 15) is 8.42 Å². The third-order valence-corrected chi connectivity index (χ3v) is 7.16. The van der Waals surface area contributed by atoms with Gasteiger partial charge in [-0.2, -0.15) is 4.72 Å². The van der Waals surface area contributed by atoms with E-state index in [1.54, 1.807) is 6.07 Å². The average molecular weight is 318 g/mol. The SMILES string of the molecule is CCc1ccc(S(=O)(=O)NC2(C(N)=S)CCCC2)s1. The molecule has 0 saturated heterocycles. The predicted molar refractivity (Wildman–Crippen MR) is 82.0 cm³/mol. The van der Waals surface area contributed by atoms with E-state index in [2.05, 4.69) is 4.72 Å². The molecular weight excluding hydrogens is 300 g/mol. The third kappa shape index (κ3) is 2.99. The largest absolute Gasteiger partial charge is 0.392 e. The van der Waals surface area contributed by atoms with Crippen molar-refractivity contribution in [2.45, 2.75) is 48.8 Å². The van der Waals surface area contributed by atoms with Gasteiger partial charge in [-0.1, -0.05) is 32.0 Å². The van der Waals surface area contributed by atoms with Crippen LogP contribution in [0.3, 0.4) is 0 Å². The number of nitrogens with two attached hydrogens (primary N) is 1. The van der Waals surface area contributed by atoms with Crippen LogP contribution in [0, 0.1) is 0 Å². The Morgan fingerprint density at radius 2 is 2.11 bits per heavy atom. The summed E-state index contributed by atoms with van der Waals surface area (Å²) in [6, 6.07) is 3.50. The van der Waals surface area contributed by atoms with Crippen molar-refractivity contribution in [1.82, 2.24) is 4.72 Å². The molecule has 0 bridgehead atoms. The van der Waals surface area contributed by atoms with Gasteiger partial charge in [-0.25, -0.2) is 8.42 Å². The Morgan fingerprint density at radius 1 is 1.47 bits per heavy atom. The van der Waals surface area contributed by atoms with Gasteiger partial charge in [0.2, 0.25) is 0 Å². The molecule has 19 heavy (non-hydrogen) atoms. The van der Waals surface area contributed by atoms with E-state index in [0.29, 0.717) is 17.1 Å². The Kier molecular flexibility index (Phi) is 4.29. The maximum Gasteiger partial charge on any atom is 0.250 e. The zero-order valence-corrected chi connectivity index (χ0v) is 13.3. The van der Waals surface area contributed by atoms with Crippen LogP contribution in [0.2, 0.25) is 0 Å². The Balaban J connectivity index is 2.27. The molecule has 1 aliphatic carbocycles. The normalized spacial score (nSPS) is 18.6. The summed E-state index contributed by atoms with van der Waals surface area (Å²) in [6.07, 6.45) is 4.11. The highest BCUT2D eigenvalue weighted by Gasteiger charge is 2.40. The molecule has 7 heteroatoms. The summed E-state index contributed by atoms with van der Waals surface area (Å²) in [5.74, 6) is 0. The summed E-state index contributed by atoms with van der Waals surface area (Å²) in [5, 5.41) is 0. The molecule has 1 aliphatic rings. The fourth-order valence-corrected chi connectivity index (χ4v) is 5.43. The number of thiophene rings is 1. The lowest BCUT2D eigenvalue weighted by Crippen LogP contribution is -2.54. The van der Waals surface area contributed by atoms with Crippen molar-refractivity contribution in [2.24, 2.45) is 5.73 Å². The highest BCUT2D eigenvalue weighted by atomic mass is 32.2. The van der Waals surface area contributed by atoms with Crippen LogP contribution in [0.25, 0.3) is 0 Å². The summed E-state index contributed by atoms with van der Waals surface area (Å²) < 4.78 is 27.9. The maximum atomic E-state index is 12.4. The molecule has 2 rings (SSSR count). The molecule has 0 aliphatic heterocycles. The Morgan fingerprint density at radius 3 is 2.58 bits per heavy atom. The van der Waals surface area contributed by atoms with Crippen molar-refractivity contribution in [3.05, 3.63) is 17.0 Å². The molecule has 4 nitrogen and oxygen atoms in total. The van der Waals surface area contributed by atoms with Crippen LogP contribution in [0.5, 0.6) is 0 Å². The number of nitrogens with one attached hydrogen (secondary N) is 1. The van der Waals surface area contributed by atoms with Gasteiger partial charge < -0.3 is 5.73 Å². The van der Waals surface area contributed by atoms with Crippen molar-refractivity contribution in [3.63, 3.8) is 0 Å². The van der Waals surface area contributed by atoms with E-state index in [0.717, 1.165) is 24.1 Å². The lowest BCUT2D eigenvalue weighted by atomic mass is 10.00. The first-order valence-electron chi connectivity index (χ1n) is 6.32. The second-order valence-corrected chi connectivity index (χ2v) is 8.35. The van der Waals surface area contributed by atoms with Gasteiger partial charge in [0.15, 0.2) is 0 Å². The molecule has 3 N–H and O–H groups in total. The fourth-order valence-electron chi connectivity index (χ4n) is 2.38. The third-order valence-electron chi connectivity index (χ3n) is 3.51. The first kappa shape index (κ1) is 14.9. The van der Waals surface area contributed by atoms with Crippen LogP contribution in [0.15, 0.2) is 16.3 Å². The molecular formula is C12H18N2O2S3. The Bertz CT molecular complexity index is 572. The van der Waals surface area contributed by atoms with Crippen LogP contribution in [0.4, 0.5) is 0 Å². The van der Waals surface area contributed by atoms with Gasteiger partial charge in [0, 0.05) is 4.88 Å². The van der Waals surface area contributed by atoms with E-state index >= 15 is 0 Å². The van der Waals surface area contributed by atoms with Crippen molar-refractivity contribution >= 4 is 38.6 Å². The smallest absolute Gasteiger partial charge is 0.250 e. The lowest BCUT2D eigenvalue weighted by Gasteiger charge is -2.28. The molecule has 0 radical (unpaired) electrons. The number of sulfonamides is 1. The van der Waals surface area contributed by atoms with Gasteiger partial charge >= 0.3 is 0 Å². The number of aryl methyl sites for hydroxylation is 1. The topological polar surface area (TPSA) is 72.2 Å². The Hall–Kier alpha value is -0.500. The van der Waals surface area contributed by atoms with Gasteiger partial charge in [0.1, 0.15) is 4.21 Å². The molecule has 1 heterocycles. The molecule has 1 saturated carbocycles. The van der Waals surface area contributed by atoms with E-state index in [1.165, 1.54) is 11.3 Å². The molecule has 1 aromatic heterocycles. The highest BCUT2D eigenvalue weighted by molar-refractivity contribution is 7.91. The monoisotopic (exact) mass is 318 g/mol. The van der Waals surface area contributed by atoms with Crippen molar-refractivity contribution in [2.75, 3.05) is 0 Å². The zero-order valence-electron chi connectivity index (χ0n) is 10.8. The fraction of sp³-hybridized carbons (Fsp3) is 0.583. The lowest BCUT2D eigenvalue weighted by molar-refractivity contribution is 0.504. The van der Waals surface area contributed by atoms with E-state index in [-0.39, 0.29) is 4.99 Å². The summed E-state index contributed by atoms with van der Waals surface area (Å²) in [4.78, 5) is 1.30. The maximum absolute atomic E-state index is 12.4. The predicted octanol–water partition coefficient (Wildman–Crippen LogP) is 2.19. The minimum absolute atomic E-state index is 0.251. The molecule has 0 aromatic carbocycles. The van der Waals surface area contributed by atoms with Gasteiger partial charge in [-0.3, -0.25) is 0 Å². The Labute approximate surface area is 123 Å². The summed E-state index contributed by atoms with van der Waals surface area (Å²) >= 11 is 6.37. The van der Waals surface area contributed by atoms with E-state index in [4.69, 9.17) is 18.0 Å². The van der Waals surface area contributed by atoms with Crippen LogP contribution in [0.1, 0.15) is 37.5 Å². The molecule has 0 amide bonds. The second-order valence-electron chi connectivity index (χ2n) is 4.83. The van der Waals surface area contributed by atoms with Crippen LogP contribution < -0.4 is 10.5 Å². The minimum Gasteiger partial charge on any atom is -0.392 e. The van der Waals surface area contributed by atoms with Crippen molar-refractivity contribution < 1.29 is 8.42 Å². The number of thiocarbonyl (C=S) groups is 1. The van der Waals surface area contributed by atoms with Gasteiger partial charge in [0.25, 0.3) is 10.0 Å². The molecule has 0 unspecified atom stereocenters. The number of hydrogen-bond acceptors (Lipinski definition) is 4. The summed E-state index contributed by atoms with van der Waals surface area (Å²) in [7, 11) is -3.54. The number of hydrogen-bond donors (Lipinski definition) is 2. The van der Waals surface area contributed by atoms with E-state index < -0.39 is 15.6 Å². The van der Waals surface area contributed by atoms with Crippen LogP contribution in [-0.2, 0) is 16.4 Å². The number of rotatable bonds is 5. The molecule has 106 valence electrons. The van der Waals surface area contributed by atoms with Crippen LogP contribution in [-0.4, -0.2) is 18.9 Å². The summed E-state index contributed by atoms with van der Waals surface area (Å²) in [6.45, 7) is 2.00. The highest BCUT2D eigenvalue weighted by Crippen LogP contribution is 2.32. The second kappa shape index (κ2) is 5.47. The first-order valence-corrected chi connectivity index (χ1v) is 9.03. The quantitative estimate of drug-likeness (QED) is 0.816. The summed E-state index contributed by atoms with van der Waals surface area (Å²) in [5.41, 5.74) is 5.03. The van der Waals surface area contributed by atoms with Crippen LogP contribution >= 0.6 is 23.6 Å². The molecule has 0 atom stereocenters. The van der Waals surface area contributed by atoms with Crippen molar-refractivity contribution in [3.8, 4) is 0 Å². The first-order chi connectivity index (χ1) is 8.89. The standard InChI is InChI=1S/C12H18N2O2S3/c1-2-9-5-6-10(18-9)19(15,16)14-12(11(13)17)7-3-4-8-12/h5-6,14H,2-4,7-8H2,1H3,(H2,13,17). The van der Waals surface area contributed by atoms with Gasteiger partial charge in [-0.15, -0.1) is 11.3 Å². The van der Waals surface area contributed by atoms with Crippen molar-refractivity contribution in [1.29, 1.82) is 0 Å².